The summed E-state index contributed by atoms with van der Waals surface area (Å²) in [6.07, 6.45) is 1.43. The van der Waals surface area contributed by atoms with Crippen molar-refractivity contribution < 1.29 is 4.79 Å². The number of carbonyl (C=O) groups excluding carboxylic acids is 1. The first-order valence-corrected chi connectivity index (χ1v) is 6.27. The van der Waals surface area contributed by atoms with Gasteiger partial charge in [-0.2, -0.15) is 0 Å². The van der Waals surface area contributed by atoms with Crippen molar-refractivity contribution >= 4 is 23.2 Å². The predicted octanol–water partition coefficient (Wildman–Crippen LogP) is 1.09. The van der Waals surface area contributed by atoms with Crippen molar-refractivity contribution in [3.05, 3.63) is 23.0 Å². The van der Waals surface area contributed by atoms with Gasteiger partial charge in [-0.25, -0.2) is 4.98 Å². The van der Waals surface area contributed by atoms with Crippen molar-refractivity contribution in [3.63, 3.8) is 0 Å². The number of hydrogen-bond donors (Lipinski definition) is 1. The number of pyridine rings is 1. The van der Waals surface area contributed by atoms with Gasteiger partial charge in [0.1, 0.15) is 5.15 Å². The van der Waals surface area contributed by atoms with Crippen molar-refractivity contribution in [2.24, 2.45) is 0 Å². The number of halogens is 1. The molecule has 1 aromatic heterocycles. The Kier molecular flexibility index (Phi) is 3.73. The number of aromatic nitrogens is 1. The molecule has 1 fully saturated rings. The quantitative estimate of drug-likeness (QED) is 0.775. The Hall–Kier alpha value is -1.33. The molecule has 2 N–H and O–H groups in total. The Morgan fingerprint density at radius 1 is 1.56 bits per heavy atom. The molecule has 1 atom stereocenters. The molecule has 1 aliphatic rings. The standard InChI is InChI=1S/C12H17ClN4O/c1-8-7-17(4-3-16(8)2)12(18)9-5-11(13)15-6-10(9)14/h5-6,8H,3-4,7,14H2,1-2H3. The van der Waals surface area contributed by atoms with Crippen LogP contribution in [-0.4, -0.2) is 53.4 Å². The van der Waals surface area contributed by atoms with Gasteiger partial charge < -0.3 is 15.5 Å². The van der Waals surface area contributed by atoms with Crippen LogP contribution in [0, 0.1) is 0 Å². The molecule has 0 saturated carbocycles. The lowest BCUT2D eigenvalue weighted by Crippen LogP contribution is -2.52. The van der Waals surface area contributed by atoms with Gasteiger partial charge in [0, 0.05) is 25.7 Å². The monoisotopic (exact) mass is 268 g/mol. The molecule has 2 heterocycles. The van der Waals surface area contributed by atoms with Gasteiger partial charge in [0.25, 0.3) is 5.91 Å². The summed E-state index contributed by atoms with van der Waals surface area (Å²) in [6, 6.07) is 1.88. The third-order valence-corrected chi connectivity index (χ3v) is 3.59. The maximum Gasteiger partial charge on any atom is 0.256 e. The summed E-state index contributed by atoms with van der Waals surface area (Å²) in [5.41, 5.74) is 6.59. The predicted molar refractivity (Wildman–Crippen MR) is 71.7 cm³/mol. The molecule has 1 aliphatic heterocycles. The lowest BCUT2D eigenvalue weighted by Gasteiger charge is -2.37. The second kappa shape index (κ2) is 5.12. The van der Waals surface area contributed by atoms with Crippen LogP contribution in [0.25, 0.3) is 0 Å². The van der Waals surface area contributed by atoms with Crippen LogP contribution < -0.4 is 5.73 Å². The molecule has 5 nitrogen and oxygen atoms in total. The fraction of sp³-hybridized carbons (Fsp3) is 0.500. The van der Waals surface area contributed by atoms with E-state index in [9.17, 15) is 4.79 Å². The number of nitrogens with zero attached hydrogens (tertiary/aromatic N) is 3. The fourth-order valence-electron chi connectivity index (χ4n) is 2.03. The van der Waals surface area contributed by atoms with Crippen LogP contribution in [0.4, 0.5) is 5.69 Å². The molecule has 2 rings (SSSR count). The number of anilines is 1. The number of amides is 1. The average Bonchev–Trinajstić information content (AvgIpc) is 2.35. The van der Waals surface area contributed by atoms with E-state index in [0.29, 0.717) is 30.4 Å². The van der Waals surface area contributed by atoms with E-state index < -0.39 is 0 Å². The highest BCUT2D eigenvalue weighted by Crippen LogP contribution is 2.19. The molecule has 0 aromatic carbocycles. The van der Waals surface area contributed by atoms with Crippen LogP contribution in [0.5, 0.6) is 0 Å². The lowest BCUT2D eigenvalue weighted by atomic mass is 10.1. The second-order valence-electron chi connectivity index (χ2n) is 4.68. The molecular weight excluding hydrogens is 252 g/mol. The maximum atomic E-state index is 12.4. The van der Waals surface area contributed by atoms with Gasteiger partial charge in [-0.15, -0.1) is 0 Å². The van der Waals surface area contributed by atoms with Crippen LogP contribution in [-0.2, 0) is 0 Å². The van der Waals surface area contributed by atoms with Gasteiger partial charge in [-0.1, -0.05) is 11.6 Å². The number of nitrogens with two attached hydrogens (primary N) is 1. The molecule has 18 heavy (non-hydrogen) atoms. The van der Waals surface area contributed by atoms with E-state index in [0.717, 1.165) is 6.54 Å². The SMILES string of the molecule is CC1CN(C(=O)c2cc(Cl)ncc2N)CCN1C. The molecule has 0 bridgehead atoms. The molecule has 98 valence electrons. The Morgan fingerprint density at radius 2 is 2.28 bits per heavy atom. The second-order valence-corrected chi connectivity index (χ2v) is 5.06. The van der Waals surface area contributed by atoms with Gasteiger partial charge in [0.15, 0.2) is 0 Å². The normalized spacial score (nSPS) is 21.1. The minimum Gasteiger partial charge on any atom is -0.397 e. The molecule has 0 aliphatic carbocycles. The zero-order valence-corrected chi connectivity index (χ0v) is 11.3. The van der Waals surface area contributed by atoms with E-state index in [-0.39, 0.29) is 11.1 Å². The zero-order chi connectivity index (χ0) is 13.3. The third-order valence-electron chi connectivity index (χ3n) is 3.38. The van der Waals surface area contributed by atoms with E-state index in [1.807, 2.05) is 4.90 Å². The molecule has 0 radical (unpaired) electrons. The largest absolute Gasteiger partial charge is 0.397 e. The van der Waals surface area contributed by atoms with Crippen LogP contribution in [0.1, 0.15) is 17.3 Å². The summed E-state index contributed by atoms with van der Waals surface area (Å²) < 4.78 is 0. The van der Waals surface area contributed by atoms with E-state index in [1.54, 1.807) is 0 Å². The van der Waals surface area contributed by atoms with Gasteiger partial charge in [0.2, 0.25) is 0 Å². The van der Waals surface area contributed by atoms with Crippen molar-refractivity contribution in [1.82, 2.24) is 14.8 Å². The first-order chi connectivity index (χ1) is 8.49. The summed E-state index contributed by atoms with van der Waals surface area (Å²) in [5.74, 6) is -0.0725. The van der Waals surface area contributed by atoms with Gasteiger partial charge in [-0.05, 0) is 20.0 Å². The minimum atomic E-state index is -0.0725. The number of rotatable bonds is 1. The summed E-state index contributed by atoms with van der Waals surface area (Å²) in [5, 5.41) is 0.287. The van der Waals surface area contributed by atoms with E-state index in [4.69, 9.17) is 17.3 Å². The molecule has 1 aromatic rings. The zero-order valence-electron chi connectivity index (χ0n) is 10.6. The summed E-state index contributed by atoms with van der Waals surface area (Å²) >= 11 is 5.81. The topological polar surface area (TPSA) is 62.5 Å². The molecule has 6 heteroatoms. The Bertz CT molecular complexity index is 465. The molecular formula is C12H17ClN4O. The van der Waals surface area contributed by atoms with E-state index in [1.165, 1.54) is 12.3 Å². The van der Waals surface area contributed by atoms with Crippen molar-refractivity contribution in [2.45, 2.75) is 13.0 Å². The van der Waals surface area contributed by atoms with Gasteiger partial charge in [0.05, 0.1) is 17.4 Å². The first kappa shape index (κ1) is 13.1. The minimum absolute atomic E-state index is 0.0725. The fourth-order valence-corrected chi connectivity index (χ4v) is 2.19. The lowest BCUT2D eigenvalue weighted by molar-refractivity contribution is 0.0573. The average molecular weight is 269 g/mol. The van der Waals surface area contributed by atoms with Crippen LogP contribution >= 0.6 is 11.6 Å². The number of likely N-dealkylation sites (N-methyl/N-ethyl adjacent to an activating group) is 1. The highest BCUT2D eigenvalue weighted by Gasteiger charge is 2.26. The Balaban J connectivity index is 2.19. The van der Waals surface area contributed by atoms with Gasteiger partial charge >= 0.3 is 0 Å². The van der Waals surface area contributed by atoms with Gasteiger partial charge in [-0.3, -0.25) is 4.79 Å². The number of nitrogen functional groups attached to an aromatic ring is 1. The van der Waals surface area contributed by atoms with E-state index >= 15 is 0 Å². The number of hydrogen-bond acceptors (Lipinski definition) is 4. The summed E-state index contributed by atoms with van der Waals surface area (Å²) in [7, 11) is 2.06. The maximum absolute atomic E-state index is 12.4. The van der Waals surface area contributed by atoms with Crippen molar-refractivity contribution in [2.75, 3.05) is 32.4 Å². The molecule has 1 unspecified atom stereocenters. The molecule has 1 amide bonds. The molecule has 0 spiro atoms. The Labute approximate surface area is 112 Å². The first-order valence-electron chi connectivity index (χ1n) is 5.89. The van der Waals surface area contributed by atoms with Crippen LogP contribution in [0.3, 0.4) is 0 Å². The highest BCUT2D eigenvalue weighted by atomic mass is 35.5. The smallest absolute Gasteiger partial charge is 0.256 e. The van der Waals surface area contributed by atoms with Crippen LogP contribution in [0.2, 0.25) is 5.15 Å². The molecule has 1 saturated heterocycles. The Morgan fingerprint density at radius 3 is 2.94 bits per heavy atom. The van der Waals surface area contributed by atoms with Crippen LogP contribution in [0.15, 0.2) is 12.3 Å². The number of carbonyl (C=O) groups is 1. The number of piperazine rings is 1. The highest BCUT2D eigenvalue weighted by molar-refractivity contribution is 6.29. The van der Waals surface area contributed by atoms with Crippen molar-refractivity contribution in [3.8, 4) is 0 Å². The third kappa shape index (κ3) is 2.57. The summed E-state index contributed by atoms with van der Waals surface area (Å²) in [4.78, 5) is 20.3. The van der Waals surface area contributed by atoms with Crippen molar-refractivity contribution in [1.29, 1.82) is 0 Å². The summed E-state index contributed by atoms with van der Waals surface area (Å²) in [6.45, 7) is 4.38. The van der Waals surface area contributed by atoms with E-state index in [2.05, 4.69) is 23.9 Å².